The number of esters is 1. The van der Waals surface area contributed by atoms with Crippen LogP contribution in [0.5, 0.6) is 0 Å². The lowest BCUT2D eigenvalue weighted by molar-refractivity contribution is -0.144. The third-order valence-corrected chi connectivity index (χ3v) is 2.88. The zero-order valence-electron chi connectivity index (χ0n) is 11.9. The van der Waals surface area contributed by atoms with Gasteiger partial charge in [-0.05, 0) is 12.8 Å². The van der Waals surface area contributed by atoms with Crippen LogP contribution in [-0.4, -0.2) is 36.0 Å². The number of ketones is 1. The topological polar surface area (TPSA) is 107 Å². The Bertz CT molecular complexity index is 304. The Kier molecular flexibility index (Phi) is 11.7. The molecule has 0 saturated heterocycles. The molecule has 0 radical (unpaired) electrons. The van der Waals surface area contributed by atoms with E-state index < -0.39 is 5.97 Å². The third kappa shape index (κ3) is 13.0. The second-order valence-electron chi connectivity index (χ2n) is 4.73. The summed E-state index contributed by atoms with van der Waals surface area (Å²) >= 11 is 0. The Morgan fingerprint density at radius 1 is 0.850 bits per heavy atom. The first-order valence-electron chi connectivity index (χ1n) is 7.15. The molecule has 0 unspecified atom stereocenters. The maximum atomic E-state index is 11.2. The van der Waals surface area contributed by atoms with Gasteiger partial charge in [0.1, 0.15) is 5.78 Å². The summed E-state index contributed by atoms with van der Waals surface area (Å²) in [7, 11) is 0. The van der Waals surface area contributed by atoms with Crippen LogP contribution in [0.4, 0.5) is 0 Å². The van der Waals surface area contributed by atoms with E-state index in [1.165, 1.54) is 0 Å². The molecule has 0 saturated carbocycles. The van der Waals surface area contributed by atoms with Gasteiger partial charge in [0.25, 0.3) is 0 Å². The minimum Gasteiger partial charge on any atom is -0.481 e. The van der Waals surface area contributed by atoms with Crippen LogP contribution in [0, 0.1) is 0 Å². The van der Waals surface area contributed by atoms with E-state index in [1.54, 1.807) is 0 Å². The van der Waals surface area contributed by atoms with Crippen LogP contribution in [-0.2, 0) is 19.1 Å². The number of carboxylic acids is 1. The Morgan fingerprint density at radius 2 is 1.45 bits per heavy atom. The number of carbonyl (C=O) groups excluding carboxylic acids is 2. The summed E-state index contributed by atoms with van der Waals surface area (Å²) in [6, 6.07) is 0. The number of carbonyl (C=O) groups is 3. The molecule has 0 aromatic rings. The molecule has 116 valence electrons. The highest BCUT2D eigenvalue weighted by atomic mass is 16.5. The summed E-state index contributed by atoms with van der Waals surface area (Å²) in [6.45, 7) is 0.347. The van der Waals surface area contributed by atoms with Crippen LogP contribution < -0.4 is 5.73 Å². The second-order valence-corrected chi connectivity index (χ2v) is 4.73. The van der Waals surface area contributed by atoms with Crippen molar-refractivity contribution in [1.29, 1.82) is 0 Å². The van der Waals surface area contributed by atoms with Crippen LogP contribution in [0.25, 0.3) is 0 Å². The fourth-order valence-corrected chi connectivity index (χ4v) is 1.69. The van der Waals surface area contributed by atoms with Crippen LogP contribution in [0.2, 0.25) is 0 Å². The molecule has 0 aliphatic heterocycles. The van der Waals surface area contributed by atoms with Crippen molar-refractivity contribution in [3.05, 3.63) is 0 Å². The van der Waals surface area contributed by atoms with Gasteiger partial charge >= 0.3 is 11.9 Å². The first-order valence-corrected chi connectivity index (χ1v) is 7.15. The van der Waals surface area contributed by atoms with E-state index in [2.05, 4.69) is 0 Å². The highest BCUT2D eigenvalue weighted by molar-refractivity contribution is 5.84. The smallest absolute Gasteiger partial charge is 0.306 e. The first-order chi connectivity index (χ1) is 9.56. The minimum absolute atomic E-state index is 0.0326. The van der Waals surface area contributed by atoms with E-state index in [-0.39, 0.29) is 37.6 Å². The summed E-state index contributed by atoms with van der Waals surface area (Å²) in [5.41, 5.74) is 5.13. The van der Waals surface area contributed by atoms with E-state index in [0.717, 1.165) is 38.5 Å². The molecular weight excluding hydrogens is 262 g/mol. The highest BCUT2D eigenvalue weighted by Gasteiger charge is 2.06. The maximum absolute atomic E-state index is 11.2. The number of hydrogen-bond donors (Lipinski definition) is 2. The molecule has 0 heterocycles. The Hall–Kier alpha value is -1.43. The van der Waals surface area contributed by atoms with Crippen molar-refractivity contribution in [2.45, 2.75) is 57.8 Å². The molecule has 3 N–H and O–H groups in total. The van der Waals surface area contributed by atoms with Crippen molar-refractivity contribution < 1.29 is 24.2 Å². The second kappa shape index (κ2) is 12.6. The monoisotopic (exact) mass is 287 g/mol. The van der Waals surface area contributed by atoms with Gasteiger partial charge < -0.3 is 15.6 Å². The molecule has 0 amide bonds. The van der Waals surface area contributed by atoms with E-state index in [0.29, 0.717) is 6.61 Å². The lowest BCUT2D eigenvalue weighted by atomic mass is 10.1. The Labute approximate surface area is 119 Å². The predicted octanol–water partition coefficient (Wildman–Crippen LogP) is 1.65. The van der Waals surface area contributed by atoms with Crippen molar-refractivity contribution in [2.75, 3.05) is 13.2 Å². The summed E-state index contributed by atoms with van der Waals surface area (Å²) in [5, 5.41) is 8.46. The molecule has 0 atom stereocenters. The molecule has 0 fully saturated rings. The number of Topliss-reactive ketones (excluding diaryl/α,β-unsaturated/α-hetero) is 1. The van der Waals surface area contributed by atoms with Gasteiger partial charge in [-0.25, -0.2) is 0 Å². The maximum Gasteiger partial charge on any atom is 0.306 e. The van der Waals surface area contributed by atoms with Crippen LogP contribution in [0.1, 0.15) is 57.8 Å². The first kappa shape index (κ1) is 18.6. The summed E-state index contributed by atoms with van der Waals surface area (Å²) in [4.78, 5) is 32.4. The average molecular weight is 287 g/mol. The van der Waals surface area contributed by atoms with Crippen molar-refractivity contribution in [3.63, 3.8) is 0 Å². The molecule has 6 nitrogen and oxygen atoms in total. The zero-order valence-corrected chi connectivity index (χ0v) is 11.9. The minimum atomic E-state index is -0.745. The molecule has 20 heavy (non-hydrogen) atoms. The predicted molar refractivity (Wildman–Crippen MR) is 74.2 cm³/mol. The fourth-order valence-electron chi connectivity index (χ4n) is 1.69. The van der Waals surface area contributed by atoms with Crippen LogP contribution >= 0.6 is 0 Å². The zero-order chi connectivity index (χ0) is 15.2. The standard InChI is InChI=1S/C14H25NO5/c15-11-12(16)8-9-14(19)20-10-6-4-2-1-3-5-7-13(17)18/h1-11,15H2,(H,17,18). The number of carboxylic acid groups (broad SMARTS) is 1. The van der Waals surface area contributed by atoms with Crippen molar-refractivity contribution in [1.82, 2.24) is 0 Å². The van der Waals surface area contributed by atoms with Crippen molar-refractivity contribution in [3.8, 4) is 0 Å². The third-order valence-electron chi connectivity index (χ3n) is 2.88. The summed E-state index contributed by atoms with van der Waals surface area (Å²) in [6.07, 6.45) is 5.92. The molecule has 0 aliphatic carbocycles. The van der Waals surface area contributed by atoms with Crippen LogP contribution in [0.3, 0.4) is 0 Å². The highest BCUT2D eigenvalue weighted by Crippen LogP contribution is 2.07. The normalized spacial score (nSPS) is 10.2. The lowest BCUT2D eigenvalue weighted by Gasteiger charge is -2.04. The van der Waals surface area contributed by atoms with Gasteiger partial charge in [0, 0.05) is 12.8 Å². The molecule has 0 aliphatic rings. The van der Waals surface area contributed by atoms with E-state index in [9.17, 15) is 14.4 Å². The molecule has 0 bridgehead atoms. The SMILES string of the molecule is NCC(=O)CCC(=O)OCCCCCCCCC(=O)O. The van der Waals surface area contributed by atoms with Crippen molar-refractivity contribution >= 4 is 17.7 Å². The molecule has 0 aromatic heterocycles. The summed E-state index contributed by atoms with van der Waals surface area (Å²) in [5.74, 6) is -1.23. The van der Waals surface area contributed by atoms with Gasteiger partial charge in [-0.15, -0.1) is 0 Å². The van der Waals surface area contributed by atoms with Gasteiger partial charge in [-0.1, -0.05) is 25.7 Å². The largest absolute Gasteiger partial charge is 0.481 e. The van der Waals surface area contributed by atoms with Gasteiger partial charge in [-0.2, -0.15) is 0 Å². The number of unbranched alkanes of at least 4 members (excludes halogenated alkanes) is 5. The molecule has 0 aromatic carbocycles. The number of rotatable bonds is 13. The van der Waals surface area contributed by atoms with E-state index in [4.69, 9.17) is 15.6 Å². The number of aliphatic carboxylic acids is 1. The molecule has 0 spiro atoms. The Balaban J connectivity index is 3.25. The number of ether oxygens (including phenoxy) is 1. The van der Waals surface area contributed by atoms with E-state index in [1.807, 2.05) is 0 Å². The fraction of sp³-hybridized carbons (Fsp3) is 0.786. The lowest BCUT2D eigenvalue weighted by Crippen LogP contribution is -2.15. The van der Waals surface area contributed by atoms with Gasteiger partial charge in [0.15, 0.2) is 0 Å². The Morgan fingerprint density at radius 3 is 2.05 bits per heavy atom. The molecular formula is C14H25NO5. The van der Waals surface area contributed by atoms with Crippen molar-refractivity contribution in [2.24, 2.45) is 5.73 Å². The van der Waals surface area contributed by atoms with Gasteiger partial charge in [0.2, 0.25) is 0 Å². The van der Waals surface area contributed by atoms with Crippen LogP contribution in [0.15, 0.2) is 0 Å². The number of hydrogen-bond acceptors (Lipinski definition) is 5. The summed E-state index contributed by atoms with van der Waals surface area (Å²) < 4.78 is 4.99. The van der Waals surface area contributed by atoms with Gasteiger partial charge in [0.05, 0.1) is 19.6 Å². The van der Waals surface area contributed by atoms with E-state index >= 15 is 0 Å². The quantitative estimate of drug-likeness (QED) is 0.394. The molecule has 6 heteroatoms. The average Bonchev–Trinajstić information content (AvgIpc) is 2.42. The number of nitrogens with two attached hydrogens (primary N) is 1. The van der Waals surface area contributed by atoms with Gasteiger partial charge in [-0.3, -0.25) is 14.4 Å². The molecule has 0 rings (SSSR count).